The van der Waals surface area contributed by atoms with Gasteiger partial charge in [0.15, 0.2) is 5.82 Å². The first-order valence-electron chi connectivity index (χ1n) is 9.89. The van der Waals surface area contributed by atoms with Crippen LogP contribution in [0.3, 0.4) is 0 Å². The number of ether oxygens (including phenoxy) is 1. The van der Waals surface area contributed by atoms with Crippen molar-refractivity contribution in [2.75, 3.05) is 13.7 Å². The molecule has 1 amide bonds. The molecule has 0 radical (unpaired) electrons. The number of fused-ring (bicyclic) bond motifs is 1. The van der Waals surface area contributed by atoms with E-state index in [2.05, 4.69) is 29.3 Å². The van der Waals surface area contributed by atoms with Crippen LogP contribution in [0.25, 0.3) is 0 Å². The first kappa shape index (κ1) is 19.3. The van der Waals surface area contributed by atoms with Crippen LogP contribution >= 0.6 is 0 Å². The summed E-state index contributed by atoms with van der Waals surface area (Å²) in [6, 6.07) is 0.434. The number of hydrogen-bond donors (Lipinski definition) is 1. The van der Waals surface area contributed by atoms with E-state index in [1.807, 2.05) is 6.92 Å². The van der Waals surface area contributed by atoms with Gasteiger partial charge in [0.05, 0.1) is 12.6 Å². The molecule has 26 heavy (non-hydrogen) atoms. The summed E-state index contributed by atoms with van der Waals surface area (Å²) in [6.07, 6.45) is 5.74. The SMILES string of the molecule is CC(C)COC(C)c1noc(CN(C)C(=O)C2CC3CCCCC3N2)n1. The second-order valence-corrected chi connectivity index (χ2v) is 8.22. The molecule has 7 heteroatoms. The second-order valence-electron chi connectivity index (χ2n) is 8.22. The third kappa shape index (κ3) is 4.62. The van der Waals surface area contributed by atoms with Gasteiger partial charge in [0.2, 0.25) is 11.8 Å². The zero-order valence-corrected chi connectivity index (χ0v) is 16.4. The summed E-state index contributed by atoms with van der Waals surface area (Å²) >= 11 is 0. The second kappa shape index (κ2) is 8.48. The Morgan fingerprint density at radius 2 is 2.12 bits per heavy atom. The van der Waals surface area contributed by atoms with Crippen molar-refractivity contribution < 1.29 is 14.1 Å². The average Bonchev–Trinajstić information content (AvgIpc) is 3.25. The summed E-state index contributed by atoms with van der Waals surface area (Å²) in [5, 5.41) is 7.53. The molecule has 3 rings (SSSR count). The molecule has 7 nitrogen and oxygen atoms in total. The van der Waals surface area contributed by atoms with Crippen LogP contribution in [0.15, 0.2) is 4.52 Å². The highest BCUT2D eigenvalue weighted by molar-refractivity contribution is 5.82. The molecular weight excluding hydrogens is 332 g/mol. The number of nitrogens with zero attached hydrogens (tertiary/aromatic N) is 3. The lowest BCUT2D eigenvalue weighted by Crippen LogP contribution is -2.43. The minimum atomic E-state index is -0.212. The number of likely N-dealkylation sites (N-methyl/N-ethyl adjacent to an activating group) is 1. The third-order valence-electron chi connectivity index (χ3n) is 5.44. The van der Waals surface area contributed by atoms with E-state index in [0.717, 1.165) is 6.42 Å². The Hall–Kier alpha value is -1.47. The fourth-order valence-corrected chi connectivity index (χ4v) is 3.97. The molecule has 4 atom stereocenters. The highest BCUT2D eigenvalue weighted by Gasteiger charge is 2.39. The number of carbonyl (C=O) groups is 1. The van der Waals surface area contributed by atoms with Gasteiger partial charge in [-0.05, 0) is 38.0 Å². The van der Waals surface area contributed by atoms with Crippen LogP contribution in [0.2, 0.25) is 0 Å². The minimum Gasteiger partial charge on any atom is -0.370 e. The van der Waals surface area contributed by atoms with Gasteiger partial charge in [0.1, 0.15) is 6.10 Å². The zero-order valence-electron chi connectivity index (χ0n) is 16.4. The van der Waals surface area contributed by atoms with Gasteiger partial charge in [-0.3, -0.25) is 4.79 Å². The Balaban J connectivity index is 1.51. The molecule has 146 valence electrons. The first-order valence-corrected chi connectivity index (χ1v) is 9.89. The maximum Gasteiger partial charge on any atom is 0.246 e. The Morgan fingerprint density at radius 1 is 1.35 bits per heavy atom. The lowest BCUT2D eigenvalue weighted by Gasteiger charge is -2.24. The Labute approximate surface area is 155 Å². The molecule has 2 heterocycles. The average molecular weight is 364 g/mol. The number of aromatic nitrogens is 2. The predicted octanol–water partition coefficient (Wildman–Crippen LogP) is 2.68. The van der Waals surface area contributed by atoms with Crippen molar-refractivity contribution in [1.82, 2.24) is 20.4 Å². The van der Waals surface area contributed by atoms with Gasteiger partial charge in [0, 0.05) is 19.7 Å². The van der Waals surface area contributed by atoms with Gasteiger partial charge in [-0.25, -0.2) is 0 Å². The largest absolute Gasteiger partial charge is 0.370 e. The van der Waals surface area contributed by atoms with E-state index in [-0.39, 0.29) is 18.1 Å². The summed E-state index contributed by atoms with van der Waals surface area (Å²) in [5.74, 6) is 2.20. The lowest BCUT2D eigenvalue weighted by molar-refractivity contribution is -0.132. The van der Waals surface area contributed by atoms with Gasteiger partial charge < -0.3 is 19.5 Å². The molecule has 1 aromatic rings. The Kier molecular flexibility index (Phi) is 6.29. The molecule has 1 N–H and O–H groups in total. The van der Waals surface area contributed by atoms with Crippen LogP contribution < -0.4 is 5.32 Å². The van der Waals surface area contributed by atoms with Crippen molar-refractivity contribution in [1.29, 1.82) is 0 Å². The van der Waals surface area contributed by atoms with Crippen LogP contribution in [-0.4, -0.2) is 46.7 Å². The maximum absolute atomic E-state index is 12.8. The van der Waals surface area contributed by atoms with E-state index in [4.69, 9.17) is 9.26 Å². The van der Waals surface area contributed by atoms with Crippen LogP contribution in [-0.2, 0) is 16.1 Å². The first-order chi connectivity index (χ1) is 12.4. The lowest BCUT2D eigenvalue weighted by atomic mass is 9.85. The standard InChI is InChI=1S/C19H32N4O3/c1-12(2)11-25-13(3)18-21-17(26-22-18)10-23(4)19(24)16-9-14-7-5-6-8-15(14)20-16/h12-16,20H,5-11H2,1-4H3. The van der Waals surface area contributed by atoms with Gasteiger partial charge >= 0.3 is 0 Å². The molecule has 1 aromatic heterocycles. The van der Waals surface area contributed by atoms with Gasteiger partial charge in [-0.2, -0.15) is 4.98 Å². The summed E-state index contributed by atoms with van der Waals surface area (Å²) in [4.78, 5) is 18.8. The van der Waals surface area contributed by atoms with Gasteiger partial charge in [-0.15, -0.1) is 0 Å². The number of carbonyl (C=O) groups excluding carboxylic acids is 1. The monoisotopic (exact) mass is 364 g/mol. The van der Waals surface area contributed by atoms with Gasteiger partial charge in [-0.1, -0.05) is 31.8 Å². The van der Waals surface area contributed by atoms with Crippen LogP contribution in [0, 0.1) is 11.8 Å². The Morgan fingerprint density at radius 3 is 2.85 bits per heavy atom. The van der Waals surface area contributed by atoms with Gasteiger partial charge in [0.25, 0.3) is 0 Å². The number of amides is 1. The molecule has 4 unspecified atom stereocenters. The van der Waals surface area contributed by atoms with E-state index in [1.54, 1.807) is 11.9 Å². The zero-order chi connectivity index (χ0) is 18.7. The Bertz CT molecular complexity index is 589. The van der Waals surface area contributed by atoms with Crippen molar-refractivity contribution in [3.63, 3.8) is 0 Å². The summed E-state index contributed by atoms with van der Waals surface area (Å²) in [5.41, 5.74) is 0. The van der Waals surface area contributed by atoms with Crippen molar-refractivity contribution in [2.24, 2.45) is 11.8 Å². The smallest absolute Gasteiger partial charge is 0.246 e. The summed E-state index contributed by atoms with van der Waals surface area (Å²) in [7, 11) is 1.80. The molecule has 1 aliphatic heterocycles. The van der Waals surface area contributed by atoms with Crippen molar-refractivity contribution in [3.8, 4) is 0 Å². The third-order valence-corrected chi connectivity index (χ3v) is 5.44. The maximum atomic E-state index is 12.8. The molecular formula is C19H32N4O3. The normalized spacial score (nSPS) is 26.7. The molecule has 1 saturated carbocycles. The summed E-state index contributed by atoms with van der Waals surface area (Å²) < 4.78 is 11.0. The quantitative estimate of drug-likeness (QED) is 0.801. The summed E-state index contributed by atoms with van der Waals surface area (Å²) in [6.45, 7) is 7.09. The van der Waals surface area contributed by atoms with Crippen molar-refractivity contribution in [3.05, 3.63) is 11.7 Å². The van der Waals surface area contributed by atoms with Crippen molar-refractivity contribution >= 4 is 5.91 Å². The van der Waals surface area contributed by atoms with Crippen molar-refractivity contribution in [2.45, 2.75) is 77.6 Å². The fourth-order valence-electron chi connectivity index (χ4n) is 3.97. The number of rotatable bonds is 7. The van der Waals surface area contributed by atoms with Crippen LogP contribution in [0.4, 0.5) is 0 Å². The van der Waals surface area contributed by atoms with E-state index < -0.39 is 0 Å². The van der Waals surface area contributed by atoms with E-state index >= 15 is 0 Å². The number of nitrogens with one attached hydrogen (secondary N) is 1. The predicted molar refractivity (Wildman–Crippen MR) is 97.3 cm³/mol. The number of hydrogen-bond acceptors (Lipinski definition) is 6. The minimum absolute atomic E-state index is 0.0798. The molecule has 1 saturated heterocycles. The highest BCUT2D eigenvalue weighted by Crippen LogP contribution is 2.33. The van der Waals surface area contributed by atoms with E-state index in [1.165, 1.54) is 25.7 Å². The molecule has 0 aromatic carbocycles. The molecule has 2 aliphatic rings. The molecule has 1 aliphatic carbocycles. The van der Waals surface area contributed by atoms with Crippen LogP contribution in [0.5, 0.6) is 0 Å². The highest BCUT2D eigenvalue weighted by atomic mass is 16.5. The topological polar surface area (TPSA) is 80.5 Å². The van der Waals surface area contributed by atoms with Crippen LogP contribution in [0.1, 0.15) is 70.7 Å². The van der Waals surface area contributed by atoms with E-state index in [9.17, 15) is 4.79 Å². The molecule has 0 spiro atoms. The molecule has 2 fully saturated rings. The molecule has 0 bridgehead atoms. The van der Waals surface area contributed by atoms with E-state index in [0.29, 0.717) is 42.7 Å². The fraction of sp³-hybridized carbons (Fsp3) is 0.842.